The van der Waals surface area contributed by atoms with E-state index < -0.39 is 0 Å². The zero-order valence-electron chi connectivity index (χ0n) is 8.73. The molecule has 82 valence electrons. The Bertz CT molecular complexity index is 471. The first-order valence-corrected chi connectivity index (χ1v) is 5.50. The van der Waals surface area contributed by atoms with E-state index >= 15 is 0 Å². The largest absolute Gasteiger partial charge is 0.396 e. The lowest BCUT2D eigenvalue weighted by Crippen LogP contribution is -1.92. The topological polar surface area (TPSA) is 33.1 Å². The first-order valence-electron chi connectivity index (χ1n) is 5.12. The van der Waals surface area contributed by atoms with Gasteiger partial charge < -0.3 is 5.11 Å². The molecule has 0 saturated carbocycles. The molecule has 0 radical (unpaired) electrons. The monoisotopic (exact) mass is 233 g/mol. The second-order valence-electron chi connectivity index (χ2n) is 3.50. The maximum Gasteiger partial charge on any atom is 0.0717 e. The lowest BCUT2D eigenvalue weighted by molar-refractivity contribution is 0.299. The summed E-state index contributed by atoms with van der Waals surface area (Å²) < 4.78 is 0. The van der Waals surface area contributed by atoms with Crippen LogP contribution in [0.25, 0.3) is 11.3 Å². The SMILES string of the molecule is OCCc1ccc(Cl)c(-c2ccccn2)c1. The molecule has 0 atom stereocenters. The third-order valence-corrected chi connectivity index (χ3v) is 2.70. The highest BCUT2D eigenvalue weighted by molar-refractivity contribution is 6.33. The van der Waals surface area contributed by atoms with E-state index in [1.165, 1.54) is 0 Å². The summed E-state index contributed by atoms with van der Waals surface area (Å²) in [4.78, 5) is 4.26. The summed E-state index contributed by atoms with van der Waals surface area (Å²) in [5, 5.41) is 9.58. The van der Waals surface area contributed by atoms with Gasteiger partial charge in [0.2, 0.25) is 0 Å². The molecule has 1 aromatic heterocycles. The summed E-state index contributed by atoms with van der Waals surface area (Å²) in [7, 11) is 0. The van der Waals surface area contributed by atoms with Gasteiger partial charge in [-0.1, -0.05) is 23.7 Å². The van der Waals surface area contributed by atoms with Crippen LogP contribution in [-0.2, 0) is 6.42 Å². The Hall–Kier alpha value is -1.38. The van der Waals surface area contributed by atoms with Crippen molar-refractivity contribution in [3.8, 4) is 11.3 Å². The van der Waals surface area contributed by atoms with Crippen molar-refractivity contribution < 1.29 is 5.11 Å². The van der Waals surface area contributed by atoms with Crippen LogP contribution in [-0.4, -0.2) is 16.7 Å². The smallest absolute Gasteiger partial charge is 0.0717 e. The van der Waals surface area contributed by atoms with Crippen molar-refractivity contribution in [3.05, 3.63) is 53.2 Å². The van der Waals surface area contributed by atoms with Gasteiger partial charge in [-0.25, -0.2) is 0 Å². The molecule has 1 aromatic carbocycles. The highest BCUT2D eigenvalue weighted by Gasteiger charge is 2.05. The van der Waals surface area contributed by atoms with Gasteiger partial charge >= 0.3 is 0 Å². The van der Waals surface area contributed by atoms with Crippen molar-refractivity contribution in [2.75, 3.05) is 6.61 Å². The minimum absolute atomic E-state index is 0.142. The third kappa shape index (κ3) is 2.40. The van der Waals surface area contributed by atoms with E-state index in [-0.39, 0.29) is 6.61 Å². The highest BCUT2D eigenvalue weighted by Crippen LogP contribution is 2.27. The van der Waals surface area contributed by atoms with Crippen LogP contribution in [0, 0.1) is 0 Å². The van der Waals surface area contributed by atoms with Crippen molar-refractivity contribution in [1.82, 2.24) is 4.98 Å². The first kappa shape index (κ1) is 11.1. The molecule has 0 saturated heterocycles. The minimum atomic E-state index is 0.142. The predicted octanol–water partition coefficient (Wildman–Crippen LogP) is 2.94. The number of aromatic nitrogens is 1. The second-order valence-corrected chi connectivity index (χ2v) is 3.91. The van der Waals surface area contributed by atoms with Crippen LogP contribution in [0.2, 0.25) is 5.02 Å². The van der Waals surface area contributed by atoms with Crippen molar-refractivity contribution in [2.24, 2.45) is 0 Å². The summed E-state index contributed by atoms with van der Waals surface area (Å²) in [6, 6.07) is 11.5. The Labute approximate surface area is 99.5 Å². The molecule has 2 aromatic rings. The van der Waals surface area contributed by atoms with Crippen LogP contribution in [0.4, 0.5) is 0 Å². The molecular weight excluding hydrogens is 222 g/mol. The molecule has 0 unspecified atom stereocenters. The van der Waals surface area contributed by atoms with Gasteiger partial charge in [-0.15, -0.1) is 0 Å². The lowest BCUT2D eigenvalue weighted by atomic mass is 10.1. The van der Waals surface area contributed by atoms with Crippen molar-refractivity contribution in [1.29, 1.82) is 0 Å². The standard InChI is InChI=1S/C13H12ClNO/c14-12-5-4-10(6-8-16)9-11(12)13-3-1-2-7-15-13/h1-5,7,9,16H,6,8H2. The highest BCUT2D eigenvalue weighted by atomic mass is 35.5. The molecular formula is C13H12ClNO. The maximum absolute atomic E-state index is 8.90. The van der Waals surface area contributed by atoms with E-state index in [0.29, 0.717) is 11.4 Å². The zero-order chi connectivity index (χ0) is 11.4. The van der Waals surface area contributed by atoms with Gasteiger partial charge in [-0.05, 0) is 36.2 Å². The van der Waals surface area contributed by atoms with Crippen LogP contribution in [0.1, 0.15) is 5.56 Å². The first-order chi connectivity index (χ1) is 7.81. The van der Waals surface area contributed by atoms with Crippen LogP contribution in [0.5, 0.6) is 0 Å². The average molecular weight is 234 g/mol. The van der Waals surface area contributed by atoms with Gasteiger partial charge in [0.05, 0.1) is 5.69 Å². The molecule has 0 bridgehead atoms. The summed E-state index contributed by atoms with van der Waals surface area (Å²) in [5.74, 6) is 0. The Morgan fingerprint density at radius 1 is 1.19 bits per heavy atom. The Kier molecular flexibility index (Phi) is 3.54. The quantitative estimate of drug-likeness (QED) is 0.884. The van der Waals surface area contributed by atoms with E-state index in [4.69, 9.17) is 16.7 Å². The van der Waals surface area contributed by atoms with Gasteiger partial charge in [0.1, 0.15) is 0 Å². The lowest BCUT2D eigenvalue weighted by Gasteiger charge is -2.06. The number of rotatable bonds is 3. The second kappa shape index (κ2) is 5.10. The third-order valence-electron chi connectivity index (χ3n) is 2.37. The van der Waals surface area contributed by atoms with Crippen LogP contribution < -0.4 is 0 Å². The number of nitrogens with zero attached hydrogens (tertiary/aromatic N) is 1. The van der Waals surface area contributed by atoms with Crippen LogP contribution in [0.15, 0.2) is 42.6 Å². The molecule has 3 heteroatoms. The number of aliphatic hydroxyl groups excluding tert-OH is 1. The maximum atomic E-state index is 8.90. The van der Waals surface area contributed by atoms with E-state index in [1.807, 2.05) is 36.4 Å². The van der Waals surface area contributed by atoms with Gasteiger partial charge in [-0.2, -0.15) is 0 Å². The van der Waals surface area contributed by atoms with Gasteiger partial charge in [-0.3, -0.25) is 4.98 Å². The molecule has 2 nitrogen and oxygen atoms in total. The fraction of sp³-hybridized carbons (Fsp3) is 0.154. The summed E-state index contributed by atoms with van der Waals surface area (Å²) in [6.07, 6.45) is 2.38. The molecule has 1 heterocycles. The molecule has 1 N–H and O–H groups in total. The summed E-state index contributed by atoms with van der Waals surface area (Å²) in [6.45, 7) is 0.142. The van der Waals surface area contributed by atoms with Gasteiger partial charge in [0, 0.05) is 23.4 Å². The fourth-order valence-corrected chi connectivity index (χ4v) is 1.79. The van der Waals surface area contributed by atoms with Crippen molar-refractivity contribution in [3.63, 3.8) is 0 Å². The van der Waals surface area contributed by atoms with E-state index in [9.17, 15) is 0 Å². The molecule has 0 aliphatic heterocycles. The van der Waals surface area contributed by atoms with E-state index in [2.05, 4.69) is 4.98 Å². The Balaban J connectivity index is 2.43. The zero-order valence-corrected chi connectivity index (χ0v) is 9.48. The molecule has 2 rings (SSSR count). The van der Waals surface area contributed by atoms with Crippen molar-refractivity contribution >= 4 is 11.6 Å². The molecule has 0 aliphatic carbocycles. The molecule has 0 fully saturated rings. The average Bonchev–Trinajstić information content (AvgIpc) is 2.33. The van der Waals surface area contributed by atoms with Gasteiger partial charge in [0.15, 0.2) is 0 Å². The Morgan fingerprint density at radius 3 is 2.75 bits per heavy atom. The Morgan fingerprint density at radius 2 is 2.06 bits per heavy atom. The number of hydrogen-bond acceptors (Lipinski definition) is 2. The molecule has 16 heavy (non-hydrogen) atoms. The number of pyridine rings is 1. The predicted molar refractivity (Wildman–Crippen MR) is 65.5 cm³/mol. The molecule has 0 amide bonds. The number of halogens is 1. The normalized spacial score (nSPS) is 10.4. The fourth-order valence-electron chi connectivity index (χ4n) is 1.58. The van der Waals surface area contributed by atoms with Crippen LogP contribution in [0.3, 0.4) is 0 Å². The molecule has 0 aliphatic rings. The number of benzene rings is 1. The van der Waals surface area contributed by atoms with Crippen LogP contribution >= 0.6 is 11.6 Å². The summed E-state index contributed by atoms with van der Waals surface area (Å²) in [5.41, 5.74) is 2.83. The summed E-state index contributed by atoms with van der Waals surface area (Å²) >= 11 is 6.13. The van der Waals surface area contributed by atoms with E-state index in [1.54, 1.807) is 6.20 Å². The number of hydrogen-bond donors (Lipinski definition) is 1. The van der Waals surface area contributed by atoms with Gasteiger partial charge in [0.25, 0.3) is 0 Å². The van der Waals surface area contributed by atoms with Crippen molar-refractivity contribution in [2.45, 2.75) is 6.42 Å². The number of aliphatic hydroxyl groups is 1. The van der Waals surface area contributed by atoms with E-state index in [0.717, 1.165) is 16.8 Å². The minimum Gasteiger partial charge on any atom is -0.396 e. The molecule has 0 spiro atoms.